The fourth-order valence-electron chi connectivity index (χ4n) is 2.49. The molecule has 0 amide bonds. The van der Waals surface area contributed by atoms with Gasteiger partial charge in [0.15, 0.2) is 0 Å². The number of hydrogen-bond acceptors (Lipinski definition) is 2. The molecular formula is C14H21Cl2NO. The zero-order chi connectivity index (χ0) is 13.8. The number of methoxy groups -OCH3 is 1. The molecule has 1 aromatic rings. The molecule has 0 aliphatic carbocycles. The molecule has 0 aromatic heterocycles. The zero-order valence-corrected chi connectivity index (χ0v) is 12.9. The van der Waals surface area contributed by atoms with Crippen molar-refractivity contribution in [3.63, 3.8) is 0 Å². The lowest BCUT2D eigenvalue weighted by atomic mass is 9.84. The van der Waals surface area contributed by atoms with Gasteiger partial charge < -0.3 is 10.1 Å². The highest BCUT2D eigenvalue weighted by atomic mass is 35.5. The summed E-state index contributed by atoms with van der Waals surface area (Å²) in [6, 6.07) is 5.82. The minimum atomic E-state index is -0.230. The van der Waals surface area contributed by atoms with E-state index in [1.807, 2.05) is 25.2 Å². The topological polar surface area (TPSA) is 21.3 Å². The summed E-state index contributed by atoms with van der Waals surface area (Å²) in [6.45, 7) is 4.27. The van der Waals surface area contributed by atoms with Crippen LogP contribution in [0.5, 0.6) is 0 Å². The summed E-state index contributed by atoms with van der Waals surface area (Å²) >= 11 is 12.1. The second-order valence-electron chi connectivity index (χ2n) is 4.37. The van der Waals surface area contributed by atoms with Gasteiger partial charge >= 0.3 is 0 Å². The molecule has 0 fully saturated rings. The lowest BCUT2D eigenvalue weighted by Crippen LogP contribution is -2.43. The van der Waals surface area contributed by atoms with Crippen LogP contribution in [0.15, 0.2) is 18.2 Å². The molecule has 0 bridgehead atoms. The van der Waals surface area contributed by atoms with Gasteiger partial charge in [-0.05, 0) is 37.6 Å². The fraction of sp³-hybridized carbons (Fsp3) is 0.571. The molecule has 2 nitrogen and oxygen atoms in total. The third-order valence-electron chi connectivity index (χ3n) is 3.70. The van der Waals surface area contributed by atoms with E-state index in [1.54, 1.807) is 7.11 Å². The Kier molecular flexibility index (Phi) is 5.93. The molecule has 1 rings (SSSR count). The van der Waals surface area contributed by atoms with Crippen LogP contribution in [0.2, 0.25) is 10.0 Å². The molecule has 0 radical (unpaired) electrons. The van der Waals surface area contributed by atoms with Crippen LogP contribution in [0.25, 0.3) is 0 Å². The summed E-state index contributed by atoms with van der Waals surface area (Å²) in [5.74, 6) is 0. The Morgan fingerprint density at radius 2 is 1.83 bits per heavy atom. The lowest BCUT2D eigenvalue weighted by molar-refractivity contribution is -0.0467. The predicted octanol–water partition coefficient (Wildman–Crippen LogP) is 4.46. The molecule has 0 saturated heterocycles. The van der Waals surface area contributed by atoms with Crippen molar-refractivity contribution < 1.29 is 4.74 Å². The average Bonchev–Trinajstić information content (AvgIpc) is 2.40. The van der Waals surface area contributed by atoms with E-state index >= 15 is 0 Å². The smallest absolute Gasteiger partial charge is 0.0867 e. The molecule has 102 valence electrons. The summed E-state index contributed by atoms with van der Waals surface area (Å²) in [4.78, 5) is 0. The molecule has 0 saturated carbocycles. The van der Waals surface area contributed by atoms with E-state index in [-0.39, 0.29) is 11.6 Å². The second kappa shape index (κ2) is 6.76. The molecule has 18 heavy (non-hydrogen) atoms. The number of rotatable bonds is 6. The molecule has 1 atom stereocenters. The van der Waals surface area contributed by atoms with Crippen molar-refractivity contribution in [2.24, 2.45) is 0 Å². The standard InChI is InChI=1S/C14H21Cl2NO/c1-5-14(6-2,18-4)13(17-3)10-7-8-11(15)12(16)9-10/h7-9,13,17H,5-6H2,1-4H3. The van der Waals surface area contributed by atoms with Gasteiger partial charge in [0.05, 0.1) is 21.7 Å². The highest BCUT2D eigenvalue weighted by Crippen LogP contribution is 2.36. The molecule has 0 aliphatic heterocycles. The van der Waals surface area contributed by atoms with Crippen LogP contribution in [0.1, 0.15) is 38.3 Å². The third-order valence-corrected chi connectivity index (χ3v) is 4.43. The Balaban J connectivity index is 3.19. The number of nitrogens with one attached hydrogen (secondary N) is 1. The largest absolute Gasteiger partial charge is 0.376 e. The van der Waals surface area contributed by atoms with E-state index in [0.717, 1.165) is 18.4 Å². The Bertz CT molecular complexity index is 383. The first-order valence-electron chi connectivity index (χ1n) is 6.22. The van der Waals surface area contributed by atoms with E-state index in [4.69, 9.17) is 27.9 Å². The molecule has 0 aliphatic rings. The molecule has 0 heterocycles. The molecule has 1 N–H and O–H groups in total. The predicted molar refractivity (Wildman–Crippen MR) is 78.6 cm³/mol. The first-order valence-corrected chi connectivity index (χ1v) is 6.97. The minimum absolute atomic E-state index is 0.0901. The van der Waals surface area contributed by atoms with Gasteiger partial charge in [-0.3, -0.25) is 0 Å². The summed E-state index contributed by atoms with van der Waals surface area (Å²) in [5, 5.41) is 4.48. The summed E-state index contributed by atoms with van der Waals surface area (Å²) in [6.07, 6.45) is 1.84. The lowest BCUT2D eigenvalue weighted by Gasteiger charge is -2.38. The summed E-state index contributed by atoms with van der Waals surface area (Å²) in [5.41, 5.74) is 0.865. The van der Waals surface area contributed by atoms with E-state index in [0.29, 0.717) is 10.0 Å². The maximum absolute atomic E-state index is 6.09. The SMILES string of the molecule is CCC(CC)(OC)C(NC)c1ccc(Cl)c(Cl)c1. The van der Waals surface area contributed by atoms with E-state index in [1.165, 1.54) is 0 Å². The Labute approximate surface area is 120 Å². The molecular weight excluding hydrogens is 269 g/mol. The molecule has 4 heteroatoms. The van der Waals surface area contributed by atoms with Crippen LogP contribution in [0.3, 0.4) is 0 Å². The van der Waals surface area contributed by atoms with E-state index in [2.05, 4.69) is 19.2 Å². The normalized spacial score (nSPS) is 13.7. The maximum atomic E-state index is 6.09. The van der Waals surface area contributed by atoms with Gasteiger partial charge in [-0.2, -0.15) is 0 Å². The quantitative estimate of drug-likeness (QED) is 0.835. The first kappa shape index (κ1) is 15.8. The number of ether oxygens (including phenoxy) is 1. The van der Waals surface area contributed by atoms with Crippen LogP contribution < -0.4 is 5.32 Å². The monoisotopic (exact) mass is 289 g/mol. The van der Waals surface area contributed by atoms with Gasteiger partial charge in [0.2, 0.25) is 0 Å². The van der Waals surface area contributed by atoms with Crippen molar-refractivity contribution in [2.75, 3.05) is 14.2 Å². The Morgan fingerprint density at radius 3 is 2.22 bits per heavy atom. The van der Waals surface area contributed by atoms with Crippen molar-refractivity contribution in [3.05, 3.63) is 33.8 Å². The van der Waals surface area contributed by atoms with Gasteiger partial charge in [-0.1, -0.05) is 43.1 Å². The number of likely N-dealkylation sites (N-methyl/N-ethyl adjacent to an activating group) is 1. The average molecular weight is 290 g/mol. The summed E-state index contributed by atoms with van der Waals surface area (Å²) < 4.78 is 5.78. The molecule has 1 unspecified atom stereocenters. The van der Waals surface area contributed by atoms with Gasteiger partial charge in [-0.25, -0.2) is 0 Å². The van der Waals surface area contributed by atoms with Crippen molar-refractivity contribution >= 4 is 23.2 Å². The van der Waals surface area contributed by atoms with Crippen molar-refractivity contribution in [1.82, 2.24) is 5.32 Å². The fourth-order valence-corrected chi connectivity index (χ4v) is 2.80. The van der Waals surface area contributed by atoms with Crippen LogP contribution in [0, 0.1) is 0 Å². The van der Waals surface area contributed by atoms with Gasteiger partial charge in [0.1, 0.15) is 0 Å². The van der Waals surface area contributed by atoms with E-state index < -0.39 is 0 Å². The van der Waals surface area contributed by atoms with Crippen LogP contribution >= 0.6 is 23.2 Å². The van der Waals surface area contributed by atoms with Crippen LogP contribution in [-0.4, -0.2) is 19.8 Å². The van der Waals surface area contributed by atoms with Crippen LogP contribution in [0.4, 0.5) is 0 Å². The van der Waals surface area contributed by atoms with Gasteiger partial charge in [0.25, 0.3) is 0 Å². The van der Waals surface area contributed by atoms with Crippen molar-refractivity contribution in [2.45, 2.75) is 38.3 Å². The molecule has 0 spiro atoms. The molecule has 1 aromatic carbocycles. The number of hydrogen-bond donors (Lipinski definition) is 1. The Morgan fingerprint density at radius 1 is 1.22 bits per heavy atom. The zero-order valence-electron chi connectivity index (χ0n) is 11.4. The second-order valence-corrected chi connectivity index (χ2v) is 5.19. The first-order chi connectivity index (χ1) is 8.54. The van der Waals surface area contributed by atoms with Gasteiger partial charge in [-0.15, -0.1) is 0 Å². The van der Waals surface area contributed by atoms with Gasteiger partial charge in [0, 0.05) is 7.11 Å². The van der Waals surface area contributed by atoms with Crippen molar-refractivity contribution in [1.29, 1.82) is 0 Å². The van der Waals surface area contributed by atoms with Crippen molar-refractivity contribution in [3.8, 4) is 0 Å². The summed E-state index contributed by atoms with van der Waals surface area (Å²) in [7, 11) is 3.70. The number of benzene rings is 1. The highest BCUT2D eigenvalue weighted by molar-refractivity contribution is 6.42. The highest BCUT2D eigenvalue weighted by Gasteiger charge is 2.36. The van der Waals surface area contributed by atoms with E-state index in [9.17, 15) is 0 Å². The third kappa shape index (κ3) is 3.00. The van der Waals surface area contributed by atoms with Crippen LogP contribution in [-0.2, 0) is 4.74 Å². The minimum Gasteiger partial charge on any atom is -0.376 e. The Hall–Kier alpha value is -0.280. The maximum Gasteiger partial charge on any atom is 0.0867 e. The number of halogens is 2.